The van der Waals surface area contributed by atoms with Gasteiger partial charge in [0.05, 0.1) is 59.3 Å². The molecule has 0 unspecified atom stereocenters. The van der Waals surface area contributed by atoms with E-state index in [0.29, 0.717) is 65.8 Å². The number of ether oxygens (including phenoxy) is 4. The van der Waals surface area contributed by atoms with Crippen LogP contribution in [0.3, 0.4) is 0 Å². The molecule has 0 aromatic heterocycles. The molecule has 0 radical (unpaired) electrons. The van der Waals surface area contributed by atoms with Crippen molar-refractivity contribution >= 4 is 24.7 Å². The summed E-state index contributed by atoms with van der Waals surface area (Å²) in [6, 6.07) is 0. The minimum absolute atomic E-state index is 0.0549. The molecule has 170 valence electrons. The summed E-state index contributed by atoms with van der Waals surface area (Å²) in [5.41, 5.74) is 0. The molecule has 0 N–H and O–H groups in total. The molecular formula is C19H41NO7S. The number of amides is 1. The van der Waals surface area contributed by atoms with E-state index in [1.807, 2.05) is 26.9 Å². The quantitative estimate of drug-likeness (QED) is 0.244. The maximum atomic E-state index is 11.8. The van der Waals surface area contributed by atoms with Gasteiger partial charge in [0.1, 0.15) is 6.79 Å². The van der Waals surface area contributed by atoms with E-state index in [1.165, 1.54) is 12.0 Å². The lowest BCUT2D eigenvalue weighted by molar-refractivity contribution is -0.131. The molecule has 0 aliphatic carbocycles. The van der Waals surface area contributed by atoms with Crippen molar-refractivity contribution in [3.8, 4) is 0 Å². The van der Waals surface area contributed by atoms with E-state index in [2.05, 4.69) is 6.92 Å². The molecule has 0 spiro atoms. The minimum Gasteiger partial charge on any atom is -0.379 e. The molecule has 0 bridgehead atoms. The predicted molar refractivity (Wildman–Crippen MR) is 114 cm³/mol. The zero-order valence-electron chi connectivity index (χ0n) is 18.4. The van der Waals surface area contributed by atoms with Gasteiger partial charge in [-0.3, -0.25) is 4.79 Å². The maximum absolute atomic E-state index is 11.8. The largest absolute Gasteiger partial charge is 0.379 e. The average molecular weight is 428 g/mol. The monoisotopic (exact) mass is 427 g/mol. The van der Waals surface area contributed by atoms with Crippen molar-refractivity contribution in [2.75, 3.05) is 79.3 Å². The van der Waals surface area contributed by atoms with Crippen molar-refractivity contribution in [3.63, 3.8) is 0 Å². The van der Waals surface area contributed by atoms with Crippen LogP contribution in [0.5, 0.6) is 0 Å². The van der Waals surface area contributed by atoms with Crippen molar-refractivity contribution in [2.24, 2.45) is 0 Å². The van der Waals surface area contributed by atoms with Crippen molar-refractivity contribution in [3.05, 3.63) is 0 Å². The third kappa shape index (κ3) is 27.5. The van der Waals surface area contributed by atoms with Crippen LogP contribution in [0.15, 0.2) is 0 Å². The summed E-state index contributed by atoms with van der Waals surface area (Å²) in [4.78, 5) is 21.4. The van der Waals surface area contributed by atoms with Gasteiger partial charge in [-0.25, -0.2) is 0 Å². The lowest BCUT2D eigenvalue weighted by Gasteiger charge is -2.16. The zero-order chi connectivity index (χ0) is 21.9. The smallest absolute Gasteiger partial charge is 0.224 e. The molecule has 0 aromatic rings. The summed E-state index contributed by atoms with van der Waals surface area (Å²) >= 11 is 1.30. The predicted octanol–water partition coefficient (Wildman–Crippen LogP) is 2.45. The molecule has 0 aliphatic heterocycles. The van der Waals surface area contributed by atoms with Gasteiger partial charge < -0.3 is 32.8 Å². The van der Waals surface area contributed by atoms with E-state index >= 15 is 0 Å². The van der Waals surface area contributed by atoms with Gasteiger partial charge in [0.25, 0.3) is 0 Å². The van der Waals surface area contributed by atoms with E-state index in [4.69, 9.17) is 27.9 Å². The highest BCUT2D eigenvalue weighted by Gasteiger charge is 2.07. The second kappa shape index (κ2) is 31.0. The van der Waals surface area contributed by atoms with Gasteiger partial charge in [-0.15, -0.1) is 0 Å². The molecule has 0 saturated heterocycles. The molecule has 28 heavy (non-hydrogen) atoms. The van der Waals surface area contributed by atoms with E-state index in [-0.39, 0.29) is 5.91 Å². The highest BCUT2D eigenvalue weighted by atomic mass is 32.2. The van der Waals surface area contributed by atoms with Gasteiger partial charge in [-0.2, -0.15) is 0 Å². The second-order valence-corrected chi connectivity index (χ2v) is 5.57. The number of hydrogen-bond donors (Lipinski definition) is 0. The highest BCUT2D eigenvalue weighted by Crippen LogP contribution is 1.97. The van der Waals surface area contributed by atoms with Crippen LogP contribution in [0.25, 0.3) is 0 Å². The molecule has 0 aromatic carbocycles. The van der Waals surface area contributed by atoms with Gasteiger partial charge in [-0.05, 0) is 18.5 Å². The van der Waals surface area contributed by atoms with Gasteiger partial charge in [-0.1, -0.05) is 20.8 Å². The van der Waals surface area contributed by atoms with Crippen molar-refractivity contribution < 1.29 is 32.7 Å². The molecule has 0 saturated carbocycles. The van der Waals surface area contributed by atoms with Crippen LogP contribution in [0.4, 0.5) is 0 Å². The number of nitrogens with zero attached hydrogens (tertiary/aromatic N) is 1. The first-order valence-corrected chi connectivity index (χ1v) is 10.9. The van der Waals surface area contributed by atoms with Gasteiger partial charge in [0, 0.05) is 26.5 Å². The molecular weight excluding hydrogens is 386 g/mol. The molecule has 0 heterocycles. The standard InChI is InChI=1S/C16H33NO6S.C2H6.CH2O/c1-4-7-19-10-12-21-14-15-22-13-11-20-8-5-16(18)17(2)6-9-23-24-3;2*1-2/h4-15H2,1-3H3;1-2H3;1H2. The zero-order valence-corrected chi connectivity index (χ0v) is 19.2. The van der Waals surface area contributed by atoms with Crippen molar-refractivity contribution in [1.82, 2.24) is 4.90 Å². The van der Waals surface area contributed by atoms with Crippen LogP contribution >= 0.6 is 12.0 Å². The van der Waals surface area contributed by atoms with Gasteiger partial charge in [0.15, 0.2) is 0 Å². The maximum Gasteiger partial charge on any atom is 0.224 e. The second-order valence-electron chi connectivity index (χ2n) is 5.00. The summed E-state index contributed by atoms with van der Waals surface area (Å²) in [6.07, 6.45) is 3.25. The summed E-state index contributed by atoms with van der Waals surface area (Å²) in [5.74, 6) is 0.0549. The molecule has 0 aliphatic rings. The van der Waals surface area contributed by atoms with Gasteiger partial charge in [0.2, 0.25) is 5.91 Å². The topological polar surface area (TPSA) is 83.5 Å². The minimum atomic E-state index is 0.0549. The number of rotatable bonds is 18. The summed E-state index contributed by atoms with van der Waals surface area (Å²) in [5, 5.41) is 0. The highest BCUT2D eigenvalue weighted by molar-refractivity contribution is 7.93. The summed E-state index contributed by atoms with van der Waals surface area (Å²) in [7, 11) is 1.77. The first kappa shape index (κ1) is 32.0. The third-order valence-electron chi connectivity index (χ3n) is 2.98. The first-order chi connectivity index (χ1) is 13.7. The molecule has 0 rings (SSSR count). The Morgan fingerprint density at radius 2 is 1.25 bits per heavy atom. The molecule has 0 fully saturated rings. The van der Waals surface area contributed by atoms with Crippen LogP contribution in [-0.4, -0.2) is 96.9 Å². The lowest BCUT2D eigenvalue weighted by Crippen LogP contribution is -2.30. The van der Waals surface area contributed by atoms with Crippen molar-refractivity contribution in [2.45, 2.75) is 33.6 Å². The number of likely N-dealkylation sites (N-methyl/N-ethyl adjacent to an activating group) is 1. The Morgan fingerprint density at radius 1 is 0.821 bits per heavy atom. The number of carbonyl (C=O) groups excluding carboxylic acids is 2. The number of carbonyl (C=O) groups is 2. The Balaban J connectivity index is -0.00000146. The van der Waals surface area contributed by atoms with Crippen LogP contribution in [0.1, 0.15) is 33.6 Å². The Morgan fingerprint density at radius 3 is 1.68 bits per heavy atom. The SMILES string of the molecule is C=O.CC.CCCOCCOCCOCCOCCC(=O)N(C)CCOSC. The summed E-state index contributed by atoms with van der Waals surface area (Å²) in [6.45, 7) is 13.7. The van der Waals surface area contributed by atoms with E-state index in [0.717, 1.165) is 13.0 Å². The van der Waals surface area contributed by atoms with E-state index < -0.39 is 0 Å². The Labute approximate surface area is 175 Å². The molecule has 9 heteroatoms. The van der Waals surface area contributed by atoms with Crippen LogP contribution in [0.2, 0.25) is 0 Å². The molecule has 8 nitrogen and oxygen atoms in total. The molecule has 1 amide bonds. The number of hydrogen-bond acceptors (Lipinski definition) is 8. The van der Waals surface area contributed by atoms with E-state index in [9.17, 15) is 4.79 Å². The average Bonchev–Trinajstić information content (AvgIpc) is 2.74. The first-order valence-electron chi connectivity index (χ1n) is 9.71. The fourth-order valence-corrected chi connectivity index (χ4v) is 1.88. The third-order valence-corrected chi connectivity index (χ3v) is 3.38. The lowest BCUT2D eigenvalue weighted by atomic mass is 10.4. The molecule has 0 atom stereocenters. The van der Waals surface area contributed by atoms with Gasteiger partial charge >= 0.3 is 0 Å². The summed E-state index contributed by atoms with van der Waals surface area (Å²) < 4.78 is 26.5. The Bertz CT molecular complexity index is 299. The fourth-order valence-electron chi connectivity index (χ4n) is 1.64. The normalized spacial score (nSPS) is 9.75. The van der Waals surface area contributed by atoms with Crippen LogP contribution in [-0.2, 0) is 32.7 Å². The Hall–Kier alpha value is -0.710. The van der Waals surface area contributed by atoms with Crippen LogP contribution < -0.4 is 0 Å². The van der Waals surface area contributed by atoms with E-state index in [1.54, 1.807) is 11.9 Å². The van der Waals surface area contributed by atoms with Crippen LogP contribution in [0, 0.1) is 0 Å². The Kier molecular flexibility index (Phi) is 35.4. The fraction of sp³-hybridized carbons (Fsp3) is 0.895. The van der Waals surface area contributed by atoms with Crippen molar-refractivity contribution in [1.29, 1.82) is 0 Å².